The Labute approximate surface area is 163 Å². The fourth-order valence-electron chi connectivity index (χ4n) is 3.64. The number of aromatic nitrogens is 4. The maximum Gasteiger partial charge on any atom is 0.255 e. The Morgan fingerprint density at radius 1 is 1.21 bits per heavy atom. The van der Waals surface area contributed by atoms with Gasteiger partial charge in [-0.2, -0.15) is 5.26 Å². The van der Waals surface area contributed by atoms with Gasteiger partial charge in [-0.05, 0) is 36.6 Å². The topological polar surface area (TPSA) is 87.7 Å². The molecule has 3 aromatic heterocycles. The van der Waals surface area contributed by atoms with Gasteiger partial charge in [0.2, 0.25) is 0 Å². The molecule has 0 bridgehead atoms. The van der Waals surface area contributed by atoms with E-state index in [1.54, 1.807) is 18.3 Å². The van der Waals surface area contributed by atoms with Gasteiger partial charge < -0.3 is 9.47 Å². The summed E-state index contributed by atoms with van der Waals surface area (Å²) in [5.41, 5.74) is 1.94. The van der Waals surface area contributed by atoms with E-state index in [2.05, 4.69) is 19.5 Å². The summed E-state index contributed by atoms with van der Waals surface area (Å²) in [6, 6.07) is 9.20. The van der Waals surface area contributed by atoms with Crippen molar-refractivity contribution in [1.82, 2.24) is 24.4 Å². The van der Waals surface area contributed by atoms with Crippen molar-refractivity contribution in [2.45, 2.75) is 25.3 Å². The molecule has 1 aliphatic heterocycles. The Morgan fingerprint density at radius 2 is 2.14 bits per heavy atom. The number of carbonyl (C=O) groups is 1. The fraction of sp³-hybridized carbons (Fsp3) is 0.286. The maximum absolute atomic E-state index is 12.9. The lowest BCUT2D eigenvalue weighted by Crippen LogP contribution is -2.39. The molecular weight excluding hydrogens is 352 g/mol. The predicted molar refractivity (Wildman–Crippen MR) is 102 cm³/mol. The SMILES string of the molecule is N#Cc1ccc(C(=O)N2CCC[C@@H](c3nccn3Cc3cccnc3)C2)cn1. The third kappa shape index (κ3) is 3.76. The van der Waals surface area contributed by atoms with Gasteiger partial charge in [-0.25, -0.2) is 9.97 Å². The molecule has 1 saturated heterocycles. The molecule has 4 rings (SSSR count). The Balaban J connectivity index is 1.49. The van der Waals surface area contributed by atoms with Crippen LogP contribution in [0.3, 0.4) is 0 Å². The summed E-state index contributed by atoms with van der Waals surface area (Å²) < 4.78 is 2.14. The summed E-state index contributed by atoms with van der Waals surface area (Å²) in [6.45, 7) is 2.06. The van der Waals surface area contributed by atoms with Crippen LogP contribution in [0.5, 0.6) is 0 Å². The number of nitriles is 1. The van der Waals surface area contributed by atoms with Gasteiger partial charge in [0.25, 0.3) is 5.91 Å². The third-order valence-electron chi connectivity index (χ3n) is 5.02. The number of likely N-dealkylation sites (tertiary alicyclic amines) is 1. The smallest absolute Gasteiger partial charge is 0.255 e. The molecule has 4 heterocycles. The van der Waals surface area contributed by atoms with Crippen LogP contribution in [0.2, 0.25) is 0 Å². The number of hydrogen-bond acceptors (Lipinski definition) is 5. The minimum Gasteiger partial charge on any atom is -0.338 e. The molecule has 3 aromatic rings. The van der Waals surface area contributed by atoms with Crippen molar-refractivity contribution in [3.63, 3.8) is 0 Å². The minimum atomic E-state index is -0.0490. The van der Waals surface area contributed by atoms with Crippen molar-refractivity contribution in [2.75, 3.05) is 13.1 Å². The number of rotatable bonds is 4. The Kier molecular flexibility index (Phi) is 5.11. The van der Waals surface area contributed by atoms with Crippen molar-refractivity contribution in [1.29, 1.82) is 5.26 Å². The normalized spacial score (nSPS) is 16.5. The first-order valence-corrected chi connectivity index (χ1v) is 9.30. The molecule has 7 nitrogen and oxygen atoms in total. The lowest BCUT2D eigenvalue weighted by molar-refractivity contribution is 0.0703. The van der Waals surface area contributed by atoms with Crippen LogP contribution in [0.1, 0.15) is 46.2 Å². The first-order chi connectivity index (χ1) is 13.7. The number of nitrogens with zero attached hydrogens (tertiary/aromatic N) is 6. The first-order valence-electron chi connectivity index (χ1n) is 9.30. The van der Waals surface area contributed by atoms with E-state index in [4.69, 9.17) is 5.26 Å². The van der Waals surface area contributed by atoms with Gasteiger partial charge >= 0.3 is 0 Å². The Bertz CT molecular complexity index is 990. The van der Waals surface area contributed by atoms with E-state index >= 15 is 0 Å². The summed E-state index contributed by atoms with van der Waals surface area (Å²) in [5.74, 6) is 1.14. The van der Waals surface area contributed by atoms with E-state index in [1.807, 2.05) is 41.7 Å². The predicted octanol–water partition coefficient (Wildman–Crippen LogP) is 2.61. The first kappa shape index (κ1) is 17.9. The number of imidazole rings is 1. The van der Waals surface area contributed by atoms with Crippen molar-refractivity contribution < 1.29 is 4.79 Å². The standard InChI is InChI=1S/C21H20N6O/c22-11-19-6-5-17(13-25-19)21(28)27-9-2-4-18(15-27)20-24-8-10-26(20)14-16-3-1-7-23-12-16/h1,3,5-8,10,12-13,18H,2,4,9,14-15H2/t18-/m1/s1. The zero-order valence-electron chi connectivity index (χ0n) is 15.4. The second-order valence-corrected chi connectivity index (χ2v) is 6.91. The monoisotopic (exact) mass is 372 g/mol. The molecule has 0 aromatic carbocycles. The molecular formula is C21H20N6O. The second-order valence-electron chi connectivity index (χ2n) is 6.91. The number of hydrogen-bond donors (Lipinski definition) is 0. The van der Waals surface area contributed by atoms with Crippen LogP contribution < -0.4 is 0 Å². The van der Waals surface area contributed by atoms with Crippen molar-refractivity contribution in [3.8, 4) is 6.07 Å². The summed E-state index contributed by atoms with van der Waals surface area (Å²) in [4.78, 5) is 27.5. The van der Waals surface area contributed by atoms with Gasteiger partial charge in [0.1, 0.15) is 17.6 Å². The molecule has 0 unspecified atom stereocenters. The van der Waals surface area contributed by atoms with Crippen molar-refractivity contribution in [2.24, 2.45) is 0 Å². The molecule has 0 saturated carbocycles. The largest absolute Gasteiger partial charge is 0.338 e. The van der Waals surface area contributed by atoms with Gasteiger partial charge in [0.05, 0.1) is 12.1 Å². The van der Waals surface area contributed by atoms with E-state index in [9.17, 15) is 4.79 Å². The lowest BCUT2D eigenvalue weighted by atomic mass is 9.96. The average molecular weight is 372 g/mol. The van der Waals surface area contributed by atoms with Gasteiger partial charge in [0, 0.05) is 50.0 Å². The zero-order valence-corrected chi connectivity index (χ0v) is 15.4. The van der Waals surface area contributed by atoms with Crippen LogP contribution in [0.25, 0.3) is 0 Å². The highest BCUT2D eigenvalue weighted by Crippen LogP contribution is 2.27. The van der Waals surface area contributed by atoms with Gasteiger partial charge in [0.15, 0.2) is 0 Å². The molecule has 28 heavy (non-hydrogen) atoms. The third-order valence-corrected chi connectivity index (χ3v) is 5.02. The quantitative estimate of drug-likeness (QED) is 0.702. The average Bonchev–Trinajstić information content (AvgIpc) is 3.22. The van der Waals surface area contributed by atoms with Crippen LogP contribution in [0.15, 0.2) is 55.2 Å². The molecule has 0 aliphatic carbocycles. The molecule has 140 valence electrons. The second kappa shape index (κ2) is 8.01. The van der Waals surface area contributed by atoms with Crippen LogP contribution in [-0.2, 0) is 6.54 Å². The Hall–Kier alpha value is -3.53. The van der Waals surface area contributed by atoms with E-state index in [0.717, 1.165) is 30.8 Å². The van der Waals surface area contributed by atoms with Crippen LogP contribution in [-0.4, -0.2) is 43.4 Å². The highest BCUT2D eigenvalue weighted by Gasteiger charge is 2.28. The molecule has 0 spiro atoms. The van der Waals surface area contributed by atoms with E-state index in [1.165, 1.54) is 6.20 Å². The summed E-state index contributed by atoms with van der Waals surface area (Å²) in [5, 5.41) is 8.87. The van der Waals surface area contributed by atoms with Gasteiger partial charge in [-0.3, -0.25) is 9.78 Å². The summed E-state index contributed by atoms with van der Waals surface area (Å²) in [7, 11) is 0. The molecule has 1 atom stereocenters. The number of pyridine rings is 2. The van der Waals surface area contributed by atoms with Crippen LogP contribution in [0.4, 0.5) is 0 Å². The molecule has 7 heteroatoms. The van der Waals surface area contributed by atoms with Crippen LogP contribution >= 0.6 is 0 Å². The van der Waals surface area contributed by atoms with E-state index < -0.39 is 0 Å². The zero-order chi connectivity index (χ0) is 19.3. The number of carbonyl (C=O) groups excluding carboxylic acids is 1. The van der Waals surface area contributed by atoms with Crippen molar-refractivity contribution in [3.05, 3.63) is 77.9 Å². The molecule has 1 amide bonds. The minimum absolute atomic E-state index is 0.0490. The molecule has 0 radical (unpaired) electrons. The van der Waals surface area contributed by atoms with Gasteiger partial charge in [-0.1, -0.05) is 6.07 Å². The molecule has 1 aliphatic rings. The highest BCUT2D eigenvalue weighted by molar-refractivity contribution is 5.94. The highest BCUT2D eigenvalue weighted by atomic mass is 16.2. The Morgan fingerprint density at radius 3 is 2.89 bits per heavy atom. The summed E-state index contributed by atoms with van der Waals surface area (Å²) in [6.07, 6.45) is 10.8. The summed E-state index contributed by atoms with van der Waals surface area (Å²) >= 11 is 0. The number of piperidine rings is 1. The lowest BCUT2D eigenvalue weighted by Gasteiger charge is -2.32. The molecule has 0 N–H and O–H groups in total. The number of amides is 1. The fourth-order valence-corrected chi connectivity index (χ4v) is 3.64. The van der Waals surface area contributed by atoms with E-state index in [0.29, 0.717) is 24.3 Å². The van der Waals surface area contributed by atoms with Crippen molar-refractivity contribution >= 4 is 5.91 Å². The van der Waals surface area contributed by atoms with E-state index in [-0.39, 0.29) is 11.8 Å². The molecule has 1 fully saturated rings. The van der Waals surface area contributed by atoms with Gasteiger partial charge in [-0.15, -0.1) is 0 Å². The maximum atomic E-state index is 12.9. The van der Waals surface area contributed by atoms with Crippen LogP contribution in [0, 0.1) is 11.3 Å².